The largest absolute Gasteiger partial charge is 0.339 e. The highest BCUT2D eigenvalue weighted by Crippen LogP contribution is 2.20. The van der Waals surface area contributed by atoms with E-state index < -0.39 is 11.1 Å². The van der Waals surface area contributed by atoms with E-state index in [0.717, 1.165) is 39.0 Å². The molecule has 26 heavy (non-hydrogen) atoms. The summed E-state index contributed by atoms with van der Waals surface area (Å²) in [4.78, 5) is 41.0. The lowest BCUT2D eigenvalue weighted by Crippen LogP contribution is -2.41. The second-order valence-corrected chi connectivity index (χ2v) is 6.78. The molecule has 7 heteroatoms. The number of fused-ring (bicyclic) bond motifs is 1. The molecule has 1 saturated heterocycles. The van der Waals surface area contributed by atoms with Crippen molar-refractivity contribution in [3.05, 3.63) is 44.5 Å². The van der Waals surface area contributed by atoms with Crippen molar-refractivity contribution in [2.75, 3.05) is 26.2 Å². The van der Waals surface area contributed by atoms with Crippen LogP contribution in [-0.2, 0) is 6.54 Å². The minimum Gasteiger partial charge on any atom is -0.339 e. The molecule has 0 atom stereocenters. The fourth-order valence-corrected chi connectivity index (χ4v) is 3.60. The van der Waals surface area contributed by atoms with E-state index in [0.29, 0.717) is 29.1 Å². The quantitative estimate of drug-likeness (QED) is 0.786. The zero-order valence-corrected chi connectivity index (χ0v) is 15.4. The number of carbonyl (C=O) groups is 1. The first-order valence-corrected chi connectivity index (χ1v) is 9.32. The molecule has 1 aliphatic rings. The molecule has 140 valence electrons. The molecule has 1 aromatic heterocycles. The number of amides is 1. The van der Waals surface area contributed by atoms with Gasteiger partial charge in [-0.25, -0.2) is 0 Å². The Morgan fingerprint density at radius 2 is 1.96 bits per heavy atom. The lowest BCUT2D eigenvalue weighted by molar-refractivity contribution is 0.0690. The molecule has 0 spiro atoms. The van der Waals surface area contributed by atoms with Crippen LogP contribution >= 0.6 is 0 Å². The van der Waals surface area contributed by atoms with Crippen molar-refractivity contribution in [2.45, 2.75) is 33.2 Å². The maximum absolute atomic E-state index is 12.8. The molecule has 2 heterocycles. The average Bonchev–Trinajstić information content (AvgIpc) is 2.67. The van der Waals surface area contributed by atoms with Gasteiger partial charge in [0, 0.05) is 25.2 Å². The van der Waals surface area contributed by atoms with Crippen molar-refractivity contribution >= 4 is 16.9 Å². The van der Waals surface area contributed by atoms with Crippen LogP contribution in [0, 0.1) is 5.92 Å². The van der Waals surface area contributed by atoms with Crippen LogP contribution in [0.25, 0.3) is 11.0 Å². The van der Waals surface area contributed by atoms with Gasteiger partial charge in [-0.05, 0) is 57.0 Å². The van der Waals surface area contributed by atoms with Crippen molar-refractivity contribution in [2.24, 2.45) is 5.92 Å². The number of hydrogen-bond donors (Lipinski definition) is 2. The van der Waals surface area contributed by atoms with E-state index in [1.807, 2.05) is 11.8 Å². The summed E-state index contributed by atoms with van der Waals surface area (Å²) in [7, 11) is 0. The molecule has 0 saturated carbocycles. The van der Waals surface area contributed by atoms with Crippen LogP contribution < -0.4 is 16.4 Å². The topological polar surface area (TPSA) is 87.2 Å². The summed E-state index contributed by atoms with van der Waals surface area (Å²) in [6, 6.07) is 5.15. The zero-order chi connectivity index (χ0) is 18.7. The number of aromatic amines is 1. The first-order valence-electron chi connectivity index (χ1n) is 9.32. The van der Waals surface area contributed by atoms with Gasteiger partial charge in [-0.1, -0.05) is 6.92 Å². The predicted molar refractivity (Wildman–Crippen MR) is 102 cm³/mol. The second kappa shape index (κ2) is 7.86. The van der Waals surface area contributed by atoms with Gasteiger partial charge in [0.1, 0.15) is 0 Å². The molecule has 0 bridgehead atoms. The number of carbonyl (C=O) groups excluding carboxylic acids is 1. The first-order chi connectivity index (χ1) is 12.5. The number of hydrogen-bond acceptors (Lipinski definition) is 4. The fourth-order valence-electron chi connectivity index (χ4n) is 3.60. The third-order valence-electron chi connectivity index (χ3n) is 5.12. The molecule has 1 fully saturated rings. The normalized spacial score (nSPS) is 15.5. The lowest BCUT2D eigenvalue weighted by Gasteiger charge is -2.32. The number of H-pyrrole nitrogens is 1. The van der Waals surface area contributed by atoms with Crippen LogP contribution in [0.5, 0.6) is 0 Å². The Morgan fingerprint density at radius 3 is 2.62 bits per heavy atom. The smallest absolute Gasteiger partial charge is 0.316 e. The van der Waals surface area contributed by atoms with Gasteiger partial charge in [-0.15, -0.1) is 0 Å². The van der Waals surface area contributed by atoms with Crippen molar-refractivity contribution in [1.82, 2.24) is 19.8 Å². The minimum atomic E-state index is -0.659. The molecule has 7 nitrogen and oxygen atoms in total. The Labute approximate surface area is 152 Å². The third kappa shape index (κ3) is 3.58. The Kier molecular flexibility index (Phi) is 5.56. The summed E-state index contributed by atoms with van der Waals surface area (Å²) in [6.45, 7) is 7.79. The lowest BCUT2D eigenvalue weighted by atomic mass is 9.96. The van der Waals surface area contributed by atoms with E-state index in [-0.39, 0.29) is 5.91 Å². The minimum absolute atomic E-state index is 0.0242. The van der Waals surface area contributed by atoms with Gasteiger partial charge in [-0.3, -0.25) is 14.4 Å². The van der Waals surface area contributed by atoms with Gasteiger partial charge in [0.15, 0.2) is 0 Å². The van der Waals surface area contributed by atoms with Crippen molar-refractivity contribution in [1.29, 1.82) is 0 Å². The summed E-state index contributed by atoms with van der Waals surface area (Å²) in [6.07, 6.45) is 2.00. The summed E-state index contributed by atoms with van der Waals surface area (Å²) < 4.78 is 1.43. The number of nitrogens with one attached hydrogen (secondary N) is 2. The van der Waals surface area contributed by atoms with Gasteiger partial charge in [0.05, 0.1) is 11.0 Å². The SMILES string of the molecule is CCNCC1CCN(C(=O)c2ccc3c(c2)[nH]c(=O)c(=O)n3CC)CC1. The Bertz CT molecular complexity index is 907. The van der Waals surface area contributed by atoms with E-state index in [4.69, 9.17) is 0 Å². The number of aromatic nitrogens is 2. The van der Waals surface area contributed by atoms with Gasteiger partial charge >= 0.3 is 11.1 Å². The van der Waals surface area contributed by atoms with E-state index in [2.05, 4.69) is 17.2 Å². The van der Waals surface area contributed by atoms with E-state index in [9.17, 15) is 14.4 Å². The Morgan fingerprint density at radius 1 is 1.23 bits per heavy atom. The highest BCUT2D eigenvalue weighted by atomic mass is 16.2. The number of aryl methyl sites for hydroxylation is 1. The van der Waals surface area contributed by atoms with Crippen LogP contribution in [0.15, 0.2) is 27.8 Å². The van der Waals surface area contributed by atoms with Gasteiger partial charge in [0.25, 0.3) is 5.91 Å². The van der Waals surface area contributed by atoms with Crippen LogP contribution in [0.3, 0.4) is 0 Å². The number of likely N-dealkylation sites (tertiary alicyclic amines) is 1. The van der Waals surface area contributed by atoms with Crippen molar-refractivity contribution in [3.8, 4) is 0 Å². The number of piperidine rings is 1. The molecular weight excluding hydrogens is 332 g/mol. The summed E-state index contributed by atoms with van der Waals surface area (Å²) in [5.74, 6) is 0.592. The van der Waals surface area contributed by atoms with Gasteiger partial charge in [-0.2, -0.15) is 0 Å². The molecule has 3 rings (SSSR count). The summed E-state index contributed by atoms with van der Waals surface area (Å²) >= 11 is 0. The Balaban J connectivity index is 1.80. The fraction of sp³-hybridized carbons (Fsp3) is 0.526. The molecule has 0 unspecified atom stereocenters. The maximum Gasteiger partial charge on any atom is 0.316 e. The molecule has 2 N–H and O–H groups in total. The molecule has 1 aromatic carbocycles. The van der Waals surface area contributed by atoms with Crippen LogP contribution in [0.2, 0.25) is 0 Å². The molecule has 0 radical (unpaired) electrons. The standard InChI is InChI=1S/C19H26N4O3/c1-3-20-12-13-7-9-22(10-8-13)18(25)14-5-6-16-15(11-14)21-17(24)19(26)23(16)4-2/h5-6,11,13,20H,3-4,7-10,12H2,1-2H3,(H,21,24). The van der Waals surface area contributed by atoms with E-state index in [1.165, 1.54) is 4.57 Å². The molecule has 1 amide bonds. The molecule has 2 aromatic rings. The summed E-state index contributed by atoms with van der Waals surface area (Å²) in [5.41, 5.74) is 0.469. The van der Waals surface area contributed by atoms with Gasteiger partial charge < -0.3 is 19.8 Å². The van der Waals surface area contributed by atoms with Crippen LogP contribution in [-0.4, -0.2) is 46.5 Å². The van der Waals surface area contributed by atoms with Crippen molar-refractivity contribution < 1.29 is 4.79 Å². The predicted octanol–water partition coefficient (Wildman–Crippen LogP) is 1.17. The first kappa shape index (κ1) is 18.4. The highest BCUT2D eigenvalue weighted by molar-refractivity contribution is 5.97. The number of benzene rings is 1. The van der Waals surface area contributed by atoms with E-state index in [1.54, 1.807) is 18.2 Å². The van der Waals surface area contributed by atoms with E-state index >= 15 is 0 Å². The highest BCUT2D eigenvalue weighted by Gasteiger charge is 2.23. The third-order valence-corrected chi connectivity index (χ3v) is 5.12. The zero-order valence-electron chi connectivity index (χ0n) is 15.4. The average molecular weight is 358 g/mol. The van der Waals surface area contributed by atoms with Gasteiger partial charge in [0.2, 0.25) is 0 Å². The monoisotopic (exact) mass is 358 g/mol. The number of rotatable bonds is 5. The maximum atomic E-state index is 12.8. The van der Waals surface area contributed by atoms with Crippen LogP contribution in [0.1, 0.15) is 37.0 Å². The Hall–Kier alpha value is -2.41. The second-order valence-electron chi connectivity index (χ2n) is 6.78. The molecule has 1 aliphatic heterocycles. The number of nitrogens with zero attached hydrogens (tertiary/aromatic N) is 2. The van der Waals surface area contributed by atoms with Crippen molar-refractivity contribution in [3.63, 3.8) is 0 Å². The van der Waals surface area contributed by atoms with Crippen LogP contribution in [0.4, 0.5) is 0 Å². The molecule has 0 aliphatic carbocycles. The summed E-state index contributed by atoms with van der Waals surface area (Å²) in [5, 5.41) is 3.37. The molecular formula is C19H26N4O3.